The van der Waals surface area contributed by atoms with Gasteiger partial charge in [0.2, 0.25) is 5.88 Å². The highest BCUT2D eigenvalue weighted by Crippen LogP contribution is 2.34. The lowest BCUT2D eigenvalue weighted by molar-refractivity contribution is 0.459. The number of nitrogens with two attached hydrogens (primary N) is 1. The van der Waals surface area contributed by atoms with Gasteiger partial charge >= 0.3 is 0 Å². The zero-order valence-electron chi connectivity index (χ0n) is 10.9. The Labute approximate surface area is 125 Å². The highest BCUT2D eigenvalue weighted by molar-refractivity contribution is 6.35. The molecule has 0 amide bonds. The molecule has 2 aromatic carbocycles. The molecule has 21 heavy (non-hydrogen) atoms. The van der Waals surface area contributed by atoms with E-state index in [-0.39, 0.29) is 11.7 Å². The number of rotatable bonds is 3. The second-order valence-corrected chi connectivity index (χ2v) is 4.76. The average Bonchev–Trinajstić information content (AvgIpc) is 2.51. The van der Waals surface area contributed by atoms with Gasteiger partial charge in [0.1, 0.15) is 11.6 Å². The van der Waals surface area contributed by atoms with E-state index in [4.69, 9.17) is 27.5 Å². The minimum absolute atomic E-state index is 0.127. The number of nitrogen functional groups attached to an aromatic ring is 1. The van der Waals surface area contributed by atoms with Gasteiger partial charge in [-0.05, 0) is 18.2 Å². The van der Waals surface area contributed by atoms with Gasteiger partial charge in [0, 0.05) is 15.8 Å². The summed E-state index contributed by atoms with van der Waals surface area (Å²) >= 11 is 6.18. The molecule has 1 aromatic heterocycles. The number of nitrogens with zero attached hydrogens (tertiary/aromatic N) is 2. The highest BCUT2D eigenvalue weighted by atomic mass is 35.5. The van der Waals surface area contributed by atoms with Crippen LogP contribution in [0.15, 0.2) is 48.7 Å². The fourth-order valence-electron chi connectivity index (χ4n) is 2.03. The molecule has 5 nitrogen and oxygen atoms in total. The van der Waals surface area contributed by atoms with Crippen molar-refractivity contribution in [3.8, 4) is 11.6 Å². The molecule has 1 heterocycles. The van der Waals surface area contributed by atoms with Gasteiger partial charge < -0.3 is 10.5 Å². The molecule has 0 bridgehead atoms. The van der Waals surface area contributed by atoms with Crippen molar-refractivity contribution in [1.82, 2.24) is 10.2 Å². The van der Waals surface area contributed by atoms with Crippen molar-refractivity contribution in [2.75, 3.05) is 0 Å². The molecular weight excluding hydrogens is 288 g/mol. The van der Waals surface area contributed by atoms with Crippen LogP contribution in [0.25, 0.3) is 10.8 Å². The normalized spacial score (nSPS) is 10.5. The van der Waals surface area contributed by atoms with E-state index in [0.717, 1.165) is 10.8 Å². The van der Waals surface area contributed by atoms with Crippen molar-refractivity contribution in [2.45, 2.75) is 0 Å². The van der Waals surface area contributed by atoms with Gasteiger partial charge in [0.05, 0.1) is 11.8 Å². The quantitative estimate of drug-likeness (QED) is 0.573. The standard InChI is InChI=1S/C15H11ClN4O/c16-12-5-6-13(10-4-2-1-3-9(10)12)21-15-11(14(17)18)7-8-19-20-15/h1-8H,(H3,17,18). The van der Waals surface area contributed by atoms with Gasteiger partial charge in [-0.1, -0.05) is 35.9 Å². The molecule has 0 spiro atoms. The summed E-state index contributed by atoms with van der Waals surface area (Å²) in [5.74, 6) is 0.647. The van der Waals surface area contributed by atoms with E-state index < -0.39 is 0 Å². The Morgan fingerprint density at radius 1 is 1.10 bits per heavy atom. The second-order valence-electron chi connectivity index (χ2n) is 4.36. The molecule has 0 unspecified atom stereocenters. The van der Waals surface area contributed by atoms with Crippen molar-refractivity contribution in [3.05, 3.63) is 59.2 Å². The van der Waals surface area contributed by atoms with Crippen LogP contribution in [0.2, 0.25) is 5.02 Å². The topological polar surface area (TPSA) is 84.9 Å². The molecule has 0 aliphatic heterocycles. The summed E-state index contributed by atoms with van der Waals surface area (Å²) in [5, 5.41) is 17.6. The summed E-state index contributed by atoms with van der Waals surface area (Å²) < 4.78 is 5.79. The molecule has 3 rings (SSSR count). The van der Waals surface area contributed by atoms with E-state index in [1.54, 1.807) is 18.2 Å². The SMILES string of the molecule is N=C(N)c1ccnnc1Oc1ccc(Cl)c2ccccc12. The minimum atomic E-state index is -0.127. The number of nitrogens with one attached hydrogen (secondary N) is 1. The molecule has 0 aliphatic carbocycles. The Bertz CT molecular complexity index is 835. The lowest BCUT2D eigenvalue weighted by Gasteiger charge is -2.11. The fraction of sp³-hybridized carbons (Fsp3) is 0. The van der Waals surface area contributed by atoms with Crippen molar-refractivity contribution >= 4 is 28.2 Å². The molecular formula is C15H11ClN4O. The average molecular weight is 299 g/mol. The van der Waals surface area contributed by atoms with Gasteiger partial charge in [-0.15, -0.1) is 5.10 Å². The van der Waals surface area contributed by atoms with Crippen LogP contribution in [-0.4, -0.2) is 16.0 Å². The van der Waals surface area contributed by atoms with E-state index in [2.05, 4.69) is 10.2 Å². The summed E-state index contributed by atoms with van der Waals surface area (Å²) in [6, 6.07) is 12.7. The Kier molecular flexibility index (Phi) is 3.41. The number of hydrogen-bond donors (Lipinski definition) is 2. The Morgan fingerprint density at radius 3 is 2.62 bits per heavy atom. The minimum Gasteiger partial charge on any atom is -0.436 e. The molecule has 3 aromatic rings. The number of benzene rings is 2. The Morgan fingerprint density at radius 2 is 1.86 bits per heavy atom. The maximum atomic E-state index is 7.55. The van der Waals surface area contributed by atoms with Crippen molar-refractivity contribution in [2.24, 2.45) is 5.73 Å². The number of fused-ring (bicyclic) bond motifs is 1. The fourth-order valence-corrected chi connectivity index (χ4v) is 2.25. The van der Waals surface area contributed by atoms with E-state index in [0.29, 0.717) is 16.3 Å². The van der Waals surface area contributed by atoms with Gasteiger partial charge in [-0.25, -0.2) is 0 Å². The molecule has 0 fully saturated rings. The molecule has 0 saturated heterocycles. The van der Waals surface area contributed by atoms with Crippen LogP contribution in [0.1, 0.15) is 5.56 Å². The van der Waals surface area contributed by atoms with Crippen molar-refractivity contribution in [1.29, 1.82) is 5.41 Å². The van der Waals surface area contributed by atoms with Gasteiger partial charge in [-0.2, -0.15) is 5.10 Å². The third-order valence-corrected chi connectivity index (χ3v) is 3.34. The molecule has 6 heteroatoms. The van der Waals surface area contributed by atoms with Crippen LogP contribution in [-0.2, 0) is 0 Å². The van der Waals surface area contributed by atoms with Crippen LogP contribution in [0.3, 0.4) is 0 Å². The van der Waals surface area contributed by atoms with Gasteiger partial charge in [-0.3, -0.25) is 5.41 Å². The second kappa shape index (κ2) is 5.38. The Balaban J connectivity index is 2.11. The van der Waals surface area contributed by atoms with Crippen LogP contribution in [0.4, 0.5) is 0 Å². The summed E-state index contributed by atoms with van der Waals surface area (Å²) in [4.78, 5) is 0. The predicted molar refractivity (Wildman–Crippen MR) is 82.1 cm³/mol. The first-order valence-corrected chi connectivity index (χ1v) is 6.56. The smallest absolute Gasteiger partial charge is 0.249 e. The maximum absolute atomic E-state index is 7.55. The molecule has 0 atom stereocenters. The van der Waals surface area contributed by atoms with E-state index in [1.807, 2.05) is 24.3 Å². The number of aromatic nitrogens is 2. The predicted octanol–water partition coefficient (Wildman–Crippen LogP) is 3.36. The first-order chi connectivity index (χ1) is 10.2. The molecule has 0 aliphatic rings. The van der Waals surface area contributed by atoms with Crippen LogP contribution in [0.5, 0.6) is 11.6 Å². The zero-order valence-corrected chi connectivity index (χ0v) is 11.6. The summed E-state index contributed by atoms with van der Waals surface area (Å²) in [5.41, 5.74) is 5.91. The maximum Gasteiger partial charge on any atom is 0.249 e. The van der Waals surface area contributed by atoms with E-state index in [1.165, 1.54) is 6.20 Å². The van der Waals surface area contributed by atoms with Crippen molar-refractivity contribution in [3.63, 3.8) is 0 Å². The molecule has 0 radical (unpaired) electrons. The van der Waals surface area contributed by atoms with Crippen molar-refractivity contribution < 1.29 is 4.74 Å². The number of hydrogen-bond acceptors (Lipinski definition) is 4. The van der Waals surface area contributed by atoms with Crippen LogP contribution >= 0.6 is 11.6 Å². The Hall–Kier alpha value is -2.66. The summed E-state index contributed by atoms with van der Waals surface area (Å²) in [7, 11) is 0. The largest absolute Gasteiger partial charge is 0.436 e. The number of ether oxygens (including phenoxy) is 1. The lowest BCUT2D eigenvalue weighted by Crippen LogP contribution is -2.13. The van der Waals surface area contributed by atoms with E-state index >= 15 is 0 Å². The summed E-state index contributed by atoms with van der Waals surface area (Å²) in [6.45, 7) is 0. The first kappa shape index (κ1) is 13.3. The third kappa shape index (κ3) is 2.51. The van der Waals surface area contributed by atoms with Crippen LogP contribution < -0.4 is 10.5 Å². The van der Waals surface area contributed by atoms with Crippen LogP contribution in [0, 0.1) is 5.41 Å². The lowest BCUT2D eigenvalue weighted by atomic mass is 10.1. The zero-order chi connectivity index (χ0) is 14.8. The van der Waals surface area contributed by atoms with Gasteiger partial charge in [0.25, 0.3) is 0 Å². The van der Waals surface area contributed by atoms with E-state index in [9.17, 15) is 0 Å². The first-order valence-electron chi connectivity index (χ1n) is 6.18. The molecule has 0 saturated carbocycles. The highest BCUT2D eigenvalue weighted by Gasteiger charge is 2.12. The monoisotopic (exact) mass is 298 g/mol. The number of halogens is 1. The van der Waals surface area contributed by atoms with Gasteiger partial charge in [0.15, 0.2) is 0 Å². The third-order valence-electron chi connectivity index (χ3n) is 3.01. The number of amidine groups is 1. The molecule has 3 N–H and O–H groups in total. The molecule has 104 valence electrons. The summed E-state index contributed by atoms with van der Waals surface area (Å²) in [6.07, 6.45) is 1.46.